The number of ketones is 1. The molecule has 22 nitrogen and oxygen atoms in total. The molecule has 0 saturated carbocycles. The van der Waals surface area contributed by atoms with Gasteiger partial charge in [-0.3, -0.25) is 10.2 Å². The minimum absolute atomic E-state index is 0.119. The summed E-state index contributed by atoms with van der Waals surface area (Å²) in [4.78, 5) is 39.2. The zero-order valence-electron chi connectivity index (χ0n) is 71.6. The largest absolute Gasteiger partial charge is 0.398 e. The normalized spacial score (nSPS) is 11.8. The van der Waals surface area contributed by atoms with Crippen LogP contribution in [0.5, 0.6) is 0 Å². The maximum absolute atomic E-state index is 12.6. The molecular formula is C98H106ClN21O. The maximum Gasteiger partial charge on any atom is 0.164 e. The third-order valence-electron chi connectivity index (χ3n) is 20.7. The van der Waals surface area contributed by atoms with E-state index in [1.165, 1.54) is 44.6 Å². The van der Waals surface area contributed by atoms with Crippen LogP contribution in [0, 0.1) is 19.3 Å². The highest BCUT2D eigenvalue weighted by Crippen LogP contribution is 2.41. The lowest BCUT2D eigenvalue weighted by Crippen LogP contribution is -2.28. The van der Waals surface area contributed by atoms with Crippen molar-refractivity contribution in [1.29, 1.82) is 5.41 Å². The summed E-state index contributed by atoms with van der Waals surface area (Å²) in [6, 6.07) is 69.7. The average molecular weight is 1630 g/mol. The molecule has 9 heterocycles. The minimum atomic E-state index is -0.438. The van der Waals surface area contributed by atoms with Gasteiger partial charge in [-0.1, -0.05) is 199 Å². The predicted octanol–water partition coefficient (Wildman–Crippen LogP) is 21.6. The fraction of sp³-hybridized carbons (Fsp3) is 0.245. The number of benzene rings is 8. The number of rotatable bonds is 13. The number of fused-ring (bicyclic) bond motifs is 6. The maximum atomic E-state index is 12.6. The Labute approximate surface area is 711 Å². The van der Waals surface area contributed by atoms with E-state index < -0.39 is 5.54 Å². The lowest BCUT2D eigenvalue weighted by molar-refractivity contribution is 0.0963. The summed E-state index contributed by atoms with van der Waals surface area (Å²) < 4.78 is 7.79. The van der Waals surface area contributed by atoms with E-state index in [2.05, 4.69) is 221 Å². The second-order valence-corrected chi connectivity index (χ2v) is 35.4. The van der Waals surface area contributed by atoms with Crippen molar-refractivity contribution in [2.45, 2.75) is 158 Å². The van der Waals surface area contributed by atoms with Crippen molar-refractivity contribution in [2.24, 2.45) is 0 Å². The SMILES string of the molecule is CC(C)(C)Nc1nccc(N)c1C(=N)c1ccc(Cl)cc1.CC(C)(C)n1nc(-c2cccc3ccccc23)c2c(N)ccnc21.CC(C)(C)n1nc(Cc2cccc3ccccc23)c2c(N)ccnc21.Cc1ccc(-c2nn(C(C)(C)C)c3nccc(N)c23)cc1.Cc1ccc(-c2nn(C(C)(C)CCC(=O)c3ccccc3)c3ncnc(N)c23)cc1. The molecule has 12 N–H and O–H groups in total. The Kier molecular flexibility index (Phi) is 24.4. The van der Waals surface area contributed by atoms with Crippen molar-refractivity contribution < 1.29 is 4.79 Å². The first-order chi connectivity index (χ1) is 57.4. The van der Waals surface area contributed by atoms with Crippen molar-refractivity contribution in [3.05, 3.63) is 288 Å². The topological polar surface area (TPSA) is 332 Å². The number of Topliss-reactive ketones (excluding diaryl/α,β-unsaturated/α-hetero) is 1. The summed E-state index contributed by atoms with van der Waals surface area (Å²) >= 11 is 5.89. The Hall–Kier alpha value is -13.7. The van der Waals surface area contributed by atoms with Crippen molar-refractivity contribution in [2.75, 3.05) is 34.0 Å². The van der Waals surface area contributed by atoms with Crippen LogP contribution in [0.2, 0.25) is 5.02 Å². The van der Waals surface area contributed by atoms with E-state index in [9.17, 15) is 4.79 Å². The smallest absolute Gasteiger partial charge is 0.164 e. The van der Waals surface area contributed by atoms with E-state index in [1.807, 2.05) is 125 Å². The molecule has 0 aliphatic heterocycles. The molecule has 0 aliphatic rings. The summed E-state index contributed by atoms with van der Waals surface area (Å²) in [5.41, 5.74) is 48.5. The molecule has 0 aliphatic carbocycles. The van der Waals surface area contributed by atoms with Gasteiger partial charge in [-0.25, -0.2) is 48.6 Å². The molecule has 0 spiro atoms. The number of hydrogen-bond acceptors (Lipinski definition) is 18. The molecule has 0 bridgehead atoms. The van der Waals surface area contributed by atoms with E-state index in [-0.39, 0.29) is 27.9 Å². The van der Waals surface area contributed by atoms with Crippen LogP contribution in [0.4, 0.5) is 34.4 Å². The fourth-order valence-electron chi connectivity index (χ4n) is 14.5. The number of anilines is 6. The number of nitrogens with two attached hydrogens (primary N) is 5. The monoisotopic (exact) mass is 1630 g/mol. The number of nitrogens with one attached hydrogen (secondary N) is 2. The zero-order valence-corrected chi connectivity index (χ0v) is 72.4. The summed E-state index contributed by atoms with van der Waals surface area (Å²) in [5.74, 6) is 1.13. The van der Waals surface area contributed by atoms with Crippen molar-refractivity contribution >= 4 is 123 Å². The molecule has 0 saturated heterocycles. The van der Waals surface area contributed by atoms with E-state index in [0.29, 0.717) is 63.5 Å². The molecule has 616 valence electrons. The van der Waals surface area contributed by atoms with E-state index in [1.54, 1.807) is 55.1 Å². The lowest BCUT2D eigenvalue weighted by atomic mass is 9.95. The average Bonchev–Trinajstić information content (AvgIpc) is 1.61. The molecule has 17 rings (SSSR count). The molecule has 0 fully saturated rings. The number of aromatic nitrogens is 14. The molecule has 23 heteroatoms. The standard InChI is InChI=1S/C24H25N5O.C21H22N4.C20H20N4.C17H20N4.C16H19ClN4/c1-16-9-11-18(12-10-16)21-20-22(25)26-15-27-23(20)29(28-21)24(2,3)14-13-19(30)17-7-5-4-6-8-17;1-21(2,3)25-20-19(17(22)11-12-23-20)18(24-25)13-15-9-6-8-14-7-4-5-10-16(14)15;1-20(2,3)24-19-17(16(21)11-12-22-19)18(23-24)15-10-6-8-13-7-4-5-9-14(13)15;1-11-5-7-12(8-6-11)15-14-13(18)9-10-19-16(14)21(20-15)17(2,3)4;1-16(2,3)21-15-13(12(18)8-9-20-15)14(19)10-4-6-11(17)7-5-10/h4-12,15H,13-14H2,1-3H3,(H2,25,26,27);4-12H,13H2,1-3H3,(H2,22,23);4-12H,1-3H3,(H2,21,22);5-10H,1-4H3,(H2,18,19);4-9,19H,1-3H3,(H3,18,20,21). The van der Waals surface area contributed by atoms with Crippen LogP contribution in [0.1, 0.15) is 154 Å². The lowest BCUT2D eigenvalue weighted by Gasteiger charge is -2.25. The molecule has 121 heavy (non-hydrogen) atoms. The Morgan fingerprint density at radius 3 is 1.43 bits per heavy atom. The first kappa shape index (κ1) is 85.2. The highest BCUT2D eigenvalue weighted by atomic mass is 35.5. The number of nitrogen functional groups attached to an aromatic ring is 5. The number of nitrogens with zero attached hydrogens (tertiary/aromatic N) is 14. The minimum Gasteiger partial charge on any atom is -0.398 e. The van der Waals surface area contributed by atoms with Crippen molar-refractivity contribution in [3.63, 3.8) is 0 Å². The van der Waals surface area contributed by atoms with E-state index in [4.69, 9.17) is 66.1 Å². The van der Waals surface area contributed by atoms with Gasteiger partial charge in [0.2, 0.25) is 0 Å². The number of aryl methyl sites for hydroxylation is 2. The van der Waals surface area contributed by atoms with E-state index >= 15 is 0 Å². The van der Waals surface area contributed by atoms with Gasteiger partial charge in [0, 0.05) is 98.8 Å². The van der Waals surface area contributed by atoms with Crippen LogP contribution in [-0.2, 0) is 28.6 Å². The van der Waals surface area contributed by atoms with Crippen LogP contribution < -0.4 is 34.0 Å². The third-order valence-corrected chi connectivity index (χ3v) is 21.0. The zero-order chi connectivity index (χ0) is 86.6. The molecule has 17 aromatic rings. The first-order valence-electron chi connectivity index (χ1n) is 40.4. The molecule has 8 aromatic carbocycles. The molecule has 0 radical (unpaired) electrons. The van der Waals surface area contributed by atoms with Gasteiger partial charge in [-0.05, 0) is 181 Å². The molecule has 9 aromatic heterocycles. The number of hydrogen-bond donors (Lipinski definition) is 7. The quantitative estimate of drug-likeness (QED) is 0.0416. The van der Waals surface area contributed by atoms with Gasteiger partial charge in [-0.15, -0.1) is 0 Å². The molecule has 0 unspecified atom stereocenters. The van der Waals surface area contributed by atoms with Gasteiger partial charge in [0.25, 0.3) is 0 Å². The summed E-state index contributed by atoms with van der Waals surface area (Å²) in [6.45, 7) is 33.5. The van der Waals surface area contributed by atoms with E-state index in [0.717, 1.165) is 101 Å². The van der Waals surface area contributed by atoms with Crippen molar-refractivity contribution in [1.82, 2.24) is 69.0 Å². The predicted molar refractivity (Wildman–Crippen MR) is 499 cm³/mol. The van der Waals surface area contributed by atoms with Gasteiger partial charge in [0.1, 0.15) is 35.0 Å². The van der Waals surface area contributed by atoms with Gasteiger partial charge in [0.05, 0.1) is 60.7 Å². The molecular weight excluding hydrogens is 1520 g/mol. The Bertz CT molecular complexity index is 6600. The van der Waals surface area contributed by atoms with Crippen LogP contribution >= 0.6 is 11.6 Å². The van der Waals surface area contributed by atoms with Crippen LogP contribution in [0.3, 0.4) is 0 Å². The number of carbonyl (C=O) groups excluding carboxylic acids is 1. The van der Waals surface area contributed by atoms with Crippen LogP contribution in [-0.4, -0.2) is 86.1 Å². The third kappa shape index (κ3) is 18.9. The summed E-state index contributed by atoms with van der Waals surface area (Å²) in [6.07, 6.45) is 10.1. The highest BCUT2D eigenvalue weighted by Gasteiger charge is 2.31. The van der Waals surface area contributed by atoms with Crippen LogP contribution in [0.25, 0.3) is 99.5 Å². The fourth-order valence-corrected chi connectivity index (χ4v) is 14.6. The molecule has 0 amide bonds. The van der Waals surface area contributed by atoms with Crippen LogP contribution in [0.15, 0.2) is 243 Å². The number of carbonyl (C=O) groups is 1. The Balaban J connectivity index is 0.000000131. The van der Waals surface area contributed by atoms with Gasteiger partial charge < -0.3 is 34.0 Å². The van der Waals surface area contributed by atoms with Gasteiger partial charge >= 0.3 is 0 Å². The second-order valence-electron chi connectivity index (χ2n) is 35.0. The van der Waals surface area contributed by atoms with Gasteiger partial charge in [0.15, 0.2) is 28.4 Å². The Morgan fingerprint density at radius 2 is 0.868 bits per heavy atom. The highest BCUT2D eigenvalue weighted by molar-refractivity contribution is 6.30. The molecule has 0 atom stereocenters. The van der Waals surface area contributed by atoms with Gasteiger partial charge in [-0.2, -0.15) is 20.4 Å². The Morgan fingerprint density at radius 1 is 0.421 bits per heavy atom. The summed E-state index contributed by atoms with van der Waals surface area (Å²) in [5, 5.41) is 40.3. The first-order valence-corrected chi connectivity index (χ1v) is 40.8. The number of pyridine rings is 4. The van der Waals surface area contributed by atoms with Crippen molar-refractivity contribution in [3.8, 4) is 33.8 Å². The second kappa shape index (κ2) is 34.7. The summed E-state index contributed by atoms with van der Waals surface area (Å²) in [7, 11) is 0. The number of halogens is 1.